The summed E-state index contributed by atoms with van der Waals surface area (Å²) in [6, 6.07) is 4.95. The summed E-state index contributed by atoms with van der Waals surface area (Å²) in [6.45, 7) is 2.62. The molecule has 0 aliphatic carbocycles. The van der Waals surface area contributed by atoms with Crippen LogP contribution in [0.4, 0.5) is 4.39 Å². The van der Waals surface area contributed by atoms with Crippen molar-refractivity contribution in [3.63, 3.8) is 0 Å². The highest BCUT2D eigenvalue weighted by atomic mass is 79.9. The molecule has 3 nitrogen and oxygen atoms in total. The number of aliphatic hydroxyl groups excluding tert-OH is 1. The molecule has 6 heteroatoms. The van der Waals surface area contributed by atoms with Crippen molar-refractivity contribution in [2.24, 2.45) is 5.92 Å². The van der Waals surface area contributed by atoms with Gasteiger partial charge >= 0.3 is 0 Å². The molecule has 2 atom stereocenters. The van der Waals surface area contributed by atoms with E-state index in [9.17, 15) is 9.50 Å². The zero-order chi connectivity index (χ0) is 12.3. The molecule has 0 amide bonds. The number of benzene rings is 1. The van der Waals surface area contributed by atoms with Gasteiger partial charge in [0.05, 0.1) is 6.10 Å². The first-order chi connectivity index (χ1) is 8.18. The van der Waals surface area contributed by atoms with E-state index >= 15 is 0 Å². The average Bonchev–Trinajstić information content (AvgIpc) is 2.69. The smallest absolute Gasteiger partial charge is 0.128 e. The number of β-amino-alcohol motifs (C(OH)–C–C–N with tert-alkyl or cyclic N) is 1. The summed E-state index contributed by atoms with van der Waals surface area (Å²) in [7, 11) is 0. The zero-order valence-corrected chi connectivity index (χ0v) is 12.2. The van der Waals surface area contributed by atoms with Crippen molar-refractivity contribution in [3.05, 3.63) is 34.1 Å². The molecule has 102 valence electrons. The fraction of sp³-hybridized carbons (Fsp3) is 0.500. The lowest BCUT2D eigenvalue weighted by Gasteiger charge is -2.14. The fourth-order valence-corrected chi connectivity index (χ4v) is 2.49. The summed E-state index contributed by atoms with van der Waals surface area (Å²) in [4.78, 5) is 0. The third-order valence-corrected chi connectivity index (χ3v) is 3.82. The van der Waals surface area contributed by atoms with Crippen LogP contribution in [0.2, 0.25) is 0 Å². The van der Waals surface area contributed by atoms with Crippen LogP contribution in [-0.4, -0.2) is 30.8 Å². The molecule has 2 unspecified atom stereocenters. The van der Waals surface area contributed by atoms with Gasteiger partial charge in [0.2, 0.25) is 0 Å². The van der Waals surface area contributed by atoms with Gasteiger partial charge in [-0.3, -0.25) is 0 Å². The summed E-state index contributed by atoms with van der Waals surface area (Å²) in [5.41, 5.74) is 0.632. The Labute approximate surface area is 121 Å². The highest BCUT2D eigenvalue weighted by molar-refractivity contribution is 9.10. The van der Waals surface area contributed by atoms with E-state index in [0.717, 1.165) is 11.0 Å². The predicted octanol–water partition coefficient (Wildman–Crippen LogP) is 1.68. The number of aliphatic hydroxyl groups is 1. The zero-order valence-electron chi connectivity index (χ0n) is 9.83. The number of halogens is 3. The summed E-state index contributed by atoms with van der Waals surface area (Å²) in [5.74, 6) is -0.00230. The third-order valence-electron chi connectivity index (χ3n) is 3.07. The first-order valence-electron chi connectivity index (χ1n) is 5.71. The molecule has 0 radical (unpaired) electrons. The first-order valence-corrected chi connectivity index (χ1v) is 6.50. The van der Waals surface area contributed by atoms with Gasteiger partial charge in [0.15, 0.2) is 0 Å². The SMILES string of the molecule is Cl.OC1CNCC1CNCc1c(F)cccc1Br. The normalized spacial score (nSPS) is 22.8. The Balaban J connectivity index is 0.00000162. The molecular formula is C12H17BrClFN2O. The second kappa shape index (κ2) is 7.40. The van der Waals surface area contributed by atoms with Gasteiger partial charge in [-0.2, -0.15) is 0 Å². The minimum absolute atomic E-state index is 0. The van der Waals surface area contributed by atoms with Gasteiger partial charge in [0.1, 0.15) is 5.82 Å². The maximum Gasteiger partial charge on any atom is 0.128 e. The van der Waals surface area contributed by atoms with Gasteiger partial charge in [-0.15, -0.1) is 12.4 Å². The molecule has 18 heavy (non-hydrogen) atoms. The Morgan fingerprint density at radius 2 is 2.22 bits per heavy atom. The van der Waals surface area contributed by atoms with Gasteiger partial charge in [-0.05, 0) is 12.1 Å². The van der Waals surface area contributed by atoms with Gasteiger partial charge in [-0.1, -0.05) is 22.0 Å². The van der Waals surface area contributed by atoms with Crippen LogP contribution < -0.4 is 10.6 Å². The molecule has 1 saturated heterocycles. The molecule has 0 aromatic heterocycles. The number of nitrogens with one attached hydrogen (secondary N) is 2. The minimum atomic E-state index is -0.299. The highest BCUT2D eigenvalue weighted by Gasteiger charge is 2.24. The van der Waals surface area contributed by atoms with Crippen LogP contribution in [0.5, 0.6) is 0 Å². The van der Waals surface area contributed by atoms with Crippen molar-refractivity contribution in [2.75, 3.05) is 19.6 Å². The van der Waals surface area contributed by atoms with E-state index in [4.69, 9.17) is 0 Å². The van der Waals surface area contributed by atoms with E-state index in [-0.39, 0.29) is 30.2 Å². The molecule has 0 spiro atoms. The van der Waals surface area contributed by atoms with Crippen LogP contribution in [0.25, 0.3) is 0 Å². The highest BCUT2D eigenvalue weighted by Crippen LogP contribution is 2.19. The molecule has 1 aromatic carbocycles. The van der Waals surface area contributed by atoms with E-state index in [2.05, 4.69) is 26.6 Å². The van der Waals surface area contributed by atoms with Crippen LogP contribution in [-0.2, 0) is 6.54 Å². The van der Waals surface area contributed by atoms with Crippen LogP contribution in [0.15, 0.2) is 22.7 Å². The quantitative estimate of drug-likeness (QED) is 0.782. The third kappa shape index (κ3) is 3.90. The second-order valence-corrected chi connectivity index (χ2v) is 5.17. The van der Waals surface area contributed by atoms with Crippen molar-refractivity contribution in [1.82, 2.24) is 10.6 Å². The topological polar surface area (TPSA) is 44.3 Å². The maximum absolute atomic E-state index is 13.5. The lowest BCUT2D eigenvalue weighted by Crippen LogP contribution is -2.30. The Morgan fingerprint density at radius 1 is 1.44 bits per heavy atom. The van der Waals surface area contributed by atoms with Crippen LogP contribution >= 0.6 is 28.3 Å². The van der Waals surface area contributed by atoms with Crippen molar-refractivity contribution in [3.8, 4) is 0 Å². The van der Waals surface area contributed by atoms with Crippen LogP contribution in [0.3, 0.4) is 0 Å². The summed E-state index contributed by atoms with van der Waals surface area (Å²) < 4.78 is 14.3. The molecule has 3 N–H and O–H groups in total. The minimum Gasteiger partial charge on any atom is -0.391 e. The average molecular weight is 340 g/mol. The van der Waals surface area contributed by atoms with Crippen molar-refractivity contribution >= 4 is 28.3 Å². The van der Waals surface area contributed by atoms with E-state index in [1.165, 1.54) is 6.07 Å². The monoisotopic (exact) mass is 338 g/mol. The summed E-state index contributed by atoms with van der Waals surface area (Å²) >= 11 is 3.33. The molecular weight excluding hydrogens is 322 g/mol. The maximum atomic E-state index is 13.5. The molecule has 0 bridgehead atoms. The largest absolute Gasteiger partial charge is 0.391 e. The van der Waals surface area contributed by atoms with E-state index < -0.39 is 0 Å². The van der Waals surface area contributed by atoms with Gasteiger partial charge in [0, 0.05) is 42.1 Å². The number of rotatable bonds is 4. The number of hydrogen-bond acceptors (Lipinski definition) is 3. The number of hydrogen-bond donors (Lipinski definition) is 3. The van der Waals surface area contributed by atoms with E-state index in [0.29, 0.717) is 25.2 Å². The molecule has 2 rings (SSSR count). The Bertz CT molecular complexity index is 374. The molecule has 1 aromatic rings. The van der Waals surface area contributed by atoms with Crippen LogP contribution in [0, 0.1) is 11.7 Å². The summed E-state index contributed by atoms with van der Waals surface area (Å²) in [6.07, 6.45) is -0.299. The van der Waals surface area contributed by atoms with Crippen molar-refractivity contribution < 1.29 is 9.50 Å². The molecule has 1 fully saturated rings. The Kier molecular flexibility index (Phi) is 6.52. The lowest BCUT2D eigenvalue weighted by atomic mass is 10.1. The van der Waals surface area contributed by atoms with Crippen molar-refractivity contribution in [2.45, 2.75) is 12.6 Å². The molecule has 0 saturated carbocycles. The lowest BCUT2D eigenvalue weighted by molar-refractivity contribution is 0.146. The van der Waals surface area contributed by atoms with E-state index in [1.807, 2.05) is 6.07 Å². The second-order valence-electron chi connectivity index (χ2n) is 4.32. The standard InChI is InChI=1S/C12H16BrFN2O.ClH/c13-10-2-1-3-11(14)9(10)6-15-4-8-5-16-7-12(8)17;/h1-3,8,12,15-17H,4-7H2;1H. The predicted molar refractivity (Wildman–Crippen MR) is 75.4 cm³/mol. The van der Waals surface area contributed by atoms with Gasteiger partial charge < -0.3 is 15.7 Å². The fourth-order valence-electron chi connectivity index (χ4n) is 2.01. The van der Waals surface area contributed by atoms with Gasteiger partial charge in [0.25, 0.3) is 0 Å². The van der Waals surface area contributed by atoms with Crippen LogP contribution in [0.1, 0.15) is 5.56 Å². The molecule has 1 heterocycles. The Hall–Kier alpha value is -0.200. The van der Waals surface area contributed by atoms with Crippen molar-refractivity contribution in [1.29, 1.82) is 0 Å². The van der Waals surface area contributed by atoms with Gasteiger partial charge in [-0.25, -0.2) is 4.39 Å². The first kappa shape index (κ1) is 15.9. The summed E-state index contributed by atoms with van der Waals surface area (Å²) in [5, 5.41) is 15.9. The molecule has 1 aliphatic heterocycles. The molecule has 1 aliphatic rings. The van der Waals surface area contributed by atoms with E-state index in [1.54, 1.807) is 6.07 Å². The Morgan fingerprint density at radius 3 is 2.83 bits per heavy atom.